The van der Waals surface area contributed by atoms with Crippen molar-refractivity contribution in [1.29, 1.82) is 0 Å². The SMILES string of the molecule is CCOC(=O)C(=N/O)/C(C)=N/NC(=O)C(=O)Nc1ccc(Cl)cc1. The van der Waals surface area contributed by atoms with Crippen LogP contribution in [0.1, 0.15) is 13.8 Å². The molecule has 0 bridgehead atoms. The molecule has 1 aromatic rings. The Morgan fingerprint density at radius 2 is 1.83 bits per heavy atom. The smallest absolute Gasteiger partial charge is 0.362 e. The molecule has 1 rings (SSSR count). The summed E-state index contributed by atoms with van der Waals surface area (Å²) in [6, 6.07) is 6.11. The Morgan fingerprint density at radius 1 is 1.21 bits per heavy atom. The van der Waals surface area contributed by atoms with Crippen molar-refractivity contribution in [3.8, 4) is 0 Å². The summed E-state index contributed by atoms with van der Waals surface area (Å²) in [5.41, 5.74) is 1.68. The molecule has 10 heteroatoms. The fourth-order valence-electron chi connectivity index (χ4n) is 1.42. The Kier molecular flexibility index (Phi) is 7.37. The Balaban J connectivity index is 2.67. The number of oxime groups is 1. The second-order valence-corrected chi connectivity index (χ2v) is 4.70. The van der Waals surface area contributed by atoms with E-state index in [0.29, 0.717) is 10.7 Å². The molecule has 0 aliphatic carbocycles. The number of nitrogens with zero attached hydrogens (tertiary/aromatic N) is 2. The first-order valence-electron chi connectivity index (χ1n) is 6.69. The van der Waals surface area contributed by atoms with Crippen LogP contribution in [0.4, 0.5) is 5.69 Å². The monoisotopic (exact) mass is 354 g/mol. The molecule has 0 aliphatic heterocycles. The fraction of sp³-hybridized carbons (Fsp3) is 0.214. The minimum Gasteiger partial charge on any atom is -0.461 e. The summed E-state index contributed by atoms with van der Waals surface area (Å²) in [7, 11) is 0. The molecule has 0 aliphatic rings. The molecule has 0 radical (unpaired) electrons. The van der Waals surface area contributed by atoms with Crippen molar-refractivity contribution in [2.75, 3.05) is 11.9 Å². The number of benzene rings is 1. The molecule has 1 aromatic carbocycles. The van der Waals surface area contributed by atoms with Crippen molar-refractivity contribution in [3.63, 3.8) is 0 Å². The number of carbonyl (C=O) groups is 3. The Labute approximate surface area is 142 Å². The highest BCUT2D eigenvalue weighted by Gasteiger charge is 2.19. The van der Waals surface area contributed by atoms with Gasteiger partial charge in [0.25, 0.3) is 0 Å². The minimum absolute atomic E-state index is 0.0704. The van der Waals surface area contributed by atoms with Crippen LogP contribution in [-0.2, 0) is 19.1 Å². The van der Waals surface area contributed by atoms with E-state index in [1.54, 1.807) is 19.1 Å². The number of hydrogen-bond donors (Lipinski definition) is 3. The molecular formula is C14H15ClN4O5. The van der Waals surface area contributed by atoms with Crippen LogP contribution < -0.4 is 10.7 Å². The van der Waals surface area contributed by atoms with Gasteiger partial charge in [0.05, 0.1) is 12.3 Å². The van der Waals surface area contributed by atoms with Gasteiger partial charge in [-0.3, -0.25) is 9.59 Å². The Morgan fingerprint density at radius 3 is 2.38 bits per heavy atom. The zero-order valence-corrected chi connectivity index (χ0v) is 13.6. The molecule has 128 valence electrons. The van der Waals surface area contributed by atoms with Crippen LogP contribution in [-0.4, -0.2) is 41.0 Å². The van der Waals surface area contributed by atoms with Crippen LogP contribution in [0, 0.1) is 0 Å². The number of hydrazone groups is 1. The second kappa shape index (κ2) is 9.26. The third-order valence-electron chi connectivity index (χ3n) is 2.54. The molecule has 0 atom stereocenters. The minimum atomic E-state index is -1.08. The van der Waals surface area contributed by atoms with Gasteiger partial charge in [0, 0.05) is 10.7 Å². The molecule has 2 amide bonds. The highest BCUT2D eigenvalue weighted by molar-refractivity contribution is 6.65. The van der Waals surface area contributed by atoms with Gasteiger partial charge in [0.1, 0.15) is 0 Å². The number of amides is 2. The quantitative estimate of drug-likeness (QED) is 0.240. The first-order valence-corrected chi connectivity index (χ1v) is 7.07. The molecule has 0 spiro atoms. The number of anilines is 1. The molecule has 0 saturated heterocycles. The van der Waals surface area contributed by atoms with Gasteiger partial charge in [-0.2, -0.15) is 5.10 Å². The number of carbonyl (C=O) groups excluding carboxylic acids is 3. The van der Waals surface area contributed by atoms with Crippen LogP contribution in [0.5, 0.6) is 0 Å². The highest BCUT2D eigenvalue weighted by Crippen LogP contribution is 2.13. The maximum absolute atomic E-state index is 11.7. The number of nitrogens with one attached hydrogen (secondary N) is 2. The van der Waals surface area contributed by atoms with E-state index in [2.05, 4.69) is 20.3 Å². The van der Waals surface area contributed by atoms with E-state index in [1.165, 1.54) is 19.1 Å². The third kappa shape index (κ3) is 5.69. The van der Waals surface area contributed by atoms with Gasteiger partial charge in [-0.15, -0.1) is 0 Å². The molecule has 24 heavy (non-hydrogen) atoms. The van der Waals surface area contributed by atoms with Gasteiger partial charge < -0.3 is 15.3 Å². The van der Waals surface area contributed by atoms with Crippen molar-refractivity contribution in [2.24, 2.45) is 10.3 Å². The Hall–Kier alpha value is -2.94. The molecule has 9 nitrogen and oxygen atoms in total. The lowest BCUT2D eigenvalue weighted by Gasteiger charge is -2.05. The van der Waals surface area contributed by atoms with E-state index in [9.17, 15) is 14.4 Å². The summed E-state index contributed by atoms with van der Waals surface area (Å²) in [6.45, 7) is 2.94. The van der Waals surface area contributed by atoms with E-state index in [0.717, 1.165) is 0 Å². The third-order valence-corrected chi connectivity index (χ3v) is 2.80. The van der Waals surface area contributed by atoms with Gasteiger partial charge in [-0.05, 0) is 38.1 Å². The van der Waals surface area contributed by atoms with Crippen LogP contribution in [0.3, 0.4) is 0 Å². The van der Waals surface area contributed by atoms with Crippen LogP contribution in [0.15, 0.2) is 34.5 Å². The first kappa shape index (κ1) is 19.1. The van der Waals surface area contributed by atoms with Crippen LogP contribution >= 0.6 is 11.6 Å². The second-order valence-electron chi connectivity index (χ2n) is 4.27. The van der Waals surface area contributed by atoms with E-state index in [-0.39, 0.29) is 12.3 Å². The highest BCUT2D eigenvalue weighted by atomic mass is 35.5. The van der Waals surface area contributed by atoms with Crippen LogP contribution in [0.25, 0.3) is 0 Å². The van der Waals surface area contributed by atoms with Crippen molar-refractivity contribution in [1.82, 2.24) is 5.43 Å². The average molecular weight is 355 g/mol. The van der Waals surface area contributed by atoms with Crippen molar-refractivity contribution >= 4 is 46.5 Å². The van der Waals surface area contributed by atoms with Gasteiger partial charge in [0.2, 0.25) is 5.71 Å². The summed E-state index contributed by atoms with van der Waals surface area (Å²) >= 11 is 5.71. The standard InChI is InChI=1S/C14H15ClN4O5/c1-3-24-14(22)11(19-23)8(2)17-18-13(21)12(20)16-10-6-4-9(15)5-7-10/h4-7,23H,3H2,1-2H3,(H,16,20)(H,18,21)/b17-8+,19-11+. The van der Waals surface area contributed by atoms with Crippen molar-refractivity contribution in [3.05, 3.63) is 29.3 Å². The van der Waals surface area contributed by atoms with Crippen molar-refractivity contribution in [2.45, 2.75) is 13.8 Å². The molecular weight excluding hydrogens is 340 g/mol. The Bertz CT molecular complexity index is 685. The van der Waals surface area contributed by atoms with Crippen molar-refractivity contribution < 1.29 is 24.3 Å². The lowest BCUT2D eigenvalue weighted by molar-refractivity contribution is -0.136. The predicted octanol–water partition coefficient (Wildman–Crippen LogP) is 1.16. The van der Waals surface area contributed by atoms with E-state index in [1.807, 2.05) is 5.43 Å². The predicted molar refractivity (Wildman–Crippen MR) is 87.2 cm³/mol. The number of hydrogen-bond acceptors (Lipinski definition) is 7. The average Bonchev–Trinajstić information content (AvgIpc) is 2.55. The van der Waals surface area contributed by atoms with Gasteiger partial charge in [0.15, 0.2) is 0 Å². The zero-order valence-electron chi connectivity index (χ0n) is 12.9. The first-order chi connectivity index (χ1) is 11.4. The maximum atomic E-state index is 11.7. The summed E-state index contributed by atoms with van der Waals surface area (Å²) in [6.07, 6.45) is 0. The summed E-state index contributed by atoms with van der Waals surface area (Å²) in [4.78, 5) is 34.8. The number of ether oxygens (including phenoxy) is 1. The summed E-state index contributed by atoms with van der Waals surface area (Å²) < 4.78 is 4.65. The molecule has 0 unspecified atom stereocenters. The lowest BCUT2D eigenvalue weighted by Crippen LogP contribution is -2.34. The van der Waals surface area contributed by atoms with Gasteiger partial charge in [-0.25, -0.2) is 10.2 Å². The molecule has 3 N–H and O–H groups in total. The van der Waals surface area contributed by atoms with Crippen LogP contribution in [0.2, 0.25) is 5.02 Å². The fourth-order valence-corrected chi connectivity index (χ4v) is 1.55. The largest absolute Gasteiger partial charge is 0.461 e. The lowest BCUT2D eigenvalue weighted by atomic mass is 10.2. The number of halogens is 1. The molecule has 0 aromatic heterocycles. The molecule has 0 fully saturated rings. The van der Waals surface area contributed by atoms with Gasteiger partial charge in [-0.1, -0.05) is 16.8 Å². The normalized spacial score (nSPS) is 11.6. The van der Waals surface area contributed by atoms with E-state index < -0.39 is 23.5 Å². The summed E-state index contributed by atoms with van der Waals surface area (Å²) in [5.74, 6) is -2.97. The van der Waals surface area contributed by atoms with E-state index in [4.69, 9.17) is 16.8 Å². The number of esters is 1. The summed E-state index contributed by atoms with van der Waals surface area (Å²) in [5, 5.41) is 17.9. The molecule has 0 heterocycles. The van der Waals surface area contributed by atoms with E-state index >= 15 is 0 Å². The molecule has 0 saturated carbocycles. The maximum Gasteiger partial charge on any atom is 0.362 e. The number of rotatable bonds is 5. The zero-order chi connectivity index (χ0) is 18.1. The van der Waals surface area contributed by atoms with Gasteiger partial charge >= 0.3 is 17.8 Å². The topological polar surface area (TPSA) is 129 Å².